The van der Waals surface area contributed by atoms with E-state index < -0.39 is 0 Å². The lowest BCUT2D eigenvalue weighted by atomic mass is 9.89. The minimum atomic E-state index is 0.457. The molecule has 1 fully saturated rings. The molecule has 2 rings (SSSR count). The molecule has 0 radical (unpaired) electrons. The van der Waals surface area contributed by atoms with Gasteiger partial charge in [0.1, 0.15) is 0 Å². The highest BCUT2D eigenvalue weighted by atomic mass is 16.5. The first-order chi connectivity index (χ1) is 6.88. The van der Waals surface area contributed by atoms with Crippen LogP contribution in [-0.2, 0) is 4.74 Å². The van der Waals surface area contributed by atoms with Gasteiger partial charge in [0, 0.05) is 26.2 Å². The monoisotopic (exact) mass is 197 g/mol. The van der Waals surface area contributed by atoms with Crippen molar-refractivity contribution in [2.24, 2.45) is 4.99 Å². The summed E-state index contributed by atoms with van der Waals surface area (Å²) < 4.78 is 5.23. The third-order valence-electron chi connectivity index (χ3n) is 2.92. The van der Waals surface area contributed by atoms with E-state index in [0.29, 0.717) is 12.1 Å². The maximum absolute atomic E-state index is 5.23. The molecule has 2 N–H and O–H groups in total. The zero-order chi connectivity index (χ0) is 9.80. The van der Waals surface area contributed by atoms with E-state index in [4.69, 9.17) is 4.74 Å². The van der Waals surface area contributed by atoms with Crippen LogP contribution in [0.5, 0.6) is 0 Å². The van der Waals surface area contributed by atoms with Gasteiger partial charge in [-0.1, -0.05) is 0 Å². The summed E-state index contributed by atoms with van der Waals surface area (Å²) in [4.78, 5) is 4.45. The van der Waals surface area contributed by atoms with Crippen LogP contribution in [0.15, 0.2) is 4.99 Å². The fourth-order valence-corrected chi connectivity index (χ4v) is 1.86. The molecule has 0 bridgehead atoms. The van der Waals surface area contributed by atoms with Crippen LogP contribution < -0.4 is 10.6 Å². The Hall–Kier alpha value is -0.770. The largest absolute Gasteiger partial charge is 0.381 e. The van der Waals surface area contributed by atoms with Crippen LogP contribution in [-0.4, -0.2) is 38.3 Å². The Morgan fingerprint density at radius 3 is 3.07 bits per heavy atom. The number of aliphatic imine (C=N–C) groups is 1. The molecule has 0 amide bonds. The lowest BCUT2D eigenvalue weighted by Gasteiger charge is -2.35. The van der Waals surface area contributed by atoms with Crippen molar-refractivity contribution in [1.82, 2.24) is 10.6 Å². The van der Waals surface area contributed by atoms with Crippen molar-refractivity contribution in [1.29, 1.82) is 0 Å². The number of hydrogen-bond acceptors (Lipinski definition) is 4. The molecule has 1 heterocycles. The average molecular weight is 197 g/mol. The maximum atomic E-state index is 5.23. The molecular formula is C10H19N3O. The maximum Gasteiger partial charge on any atom is 0.191 e. The van der Waals surface area contributed by atoms with Crippen molar-refractivity contribution in [3.05, 3.63) is 0 Å². The summed E-state index contributed by atoms with van der Waals surface area (Å²) in [6, 6.07) is 0.560. The minimum absolute atomic E-state index is 0.457. The van der Waals surface area contributed by atoms with E-state index in [2.05, 4.69) is 15.6 Å². The van der Waals surface area contributed by atoms with Gasteiger partial charge in [-0.2, -0.15) is 0 Å². The molecule has 0 aromatic heterocycles. The third kappa shape index (κ3) is 2.38. The first kappa shape index (κ1) is 9.77. The highest BCUT2D eigenvalue weighted by Gasteiger charge is 2.29. The Morgan fingerprint density at radius 2 is 2.29 bits per heavy atom. The summed E-state index contributed by atoms with van der Waals surface area (Å²) in [6.07, 6.45) is 5.09. The normalized spacial score (nSPS) is 32.2. The van der Waals surface area contributed by atoms with Crippen molar-refractivity contribution in [2.75, 3.05) is 20.2 Å². The first-order valence-corrected chi connectivity index (χ1v) is 5.46. The van der Waals surface area contributed by atoms with E-state index in [1.54, 1.807) is 7.11 Å². The van der Waals surface area contributed by atoms with Crippen LogP contribution >= 0.6 is 0 Å². The third-order valence-corrected chi connectivity index (χ3v) is 2.92. The molecule has 0 unspecified atom stereocenters. The SMILES string of the molecule is COC1CC(NC2=NCCCCN2)C1. The van der Waals surface area contributed by atoms with Gasteiger partial charge in [-0.3, -0.25) is 4.99 Å². The highest BCUT2D eigenvalue weighted by molar-refractivity contribution is 5.80. The van der Waals surface area contributed by atoms with Crippen molar-refractivity contribution >= 4 is 5.96 Å². The number of nitrogens with zero attached hydrogens (tertiary/aromatic N) is 1. The number of methoxy groups -OCH3 is 1. The van der Waals surface area contributed by atoms with Gasteiger partial charge in [0.2, 0.25) is 0 Å². The molecule has 0 aromatic rings. The zero-order valence-electron chi connectivity index (χ0n) is 8.75. The Labute approximate surface area is 85.1 Å². The number of hydrogen-bond donors (Lipinski definition) is 2. The molecule has 1 aliphatic carbocycles. The topological polar surface area (TPSA) is 45.6 Å². The van der Waals surface area contributed by atoms with Gasteiger partial charge in [-0.25, -0.2) is 0 Å². The zero-order valence-corrected chi connectivity index (χ0v) is 8.75. The number of nitrogens with one attached hydrogen (secondary N) is 2. The smallest absolute Gasteiger partial charge is 0.191 e. The molecule has 0 spiro atoms. The molecule has 0 saturated heterocycles. The van der Waals surface area contributed by atoms with E-state index in [1.165, 1.54) is 12.8 Å². The standard InChI is InChI=1S/C10H19N3O/c1-14-9-6-8(7-9)13-10-11-4-2-3-5-12-10/h8-9H,2-7H2,1H3,(H2,11,12,13). The minimum Gasteiger partial charge on any atom is -0.381 e. The molecule has 2 aliphatic rings. The van der Waals surface area contributed by atoms with E-state index in [9.17, 15) is 0 Å². The first-order valence-electron chi connectivity index (χ1n) is 5.46. The van der Waals surface area contributed by atoms with Crippen LogP contribution in [0.1, 0.15) is 25.7 Å². The van der Waals surface area contributed by atoms with Gasteiger partial charge >= 0.3 is 0 Å². The summed E-state index contributed by atoms with van der Waals surface area (Å²) in [5, 5.41) is 6.73. The van der Waals surface area contributed by atoms with Crippen molar-refractivity contribution in [3.63, 3.8) is 0 Å². The van der Waals surface area contributed by atoms with Crippen LogP contribution in [0, 0.1) is 0 Å². The Bertz CT molecular complexity index is 211. The molecule has 80 valence electrons. The second-order valence-corrected chi connectivity index (χ2v) is 4.03. The Morgan fingerprint density at radius 1 is 1.43 bits per heavy atom. The van der Waals surface area contributed by atoms with E-state index >= 15 is 0 Å². The Balaban J connectivity index is 1.72. The van der Waals surface area contributed by atoms with Gasteiger partial charge in [-0.05, 0) is 25.7 Å². The van der Waals surface area contributed by atoms with Crippen LogP contribution in [0.3, 0.4) is 0 Å². The summed E-state index contributed by atoms with van der Waals surface area (Å²) in [7, 11) is 1.78. The van der Waals surface area contributed by atoms with Gasteiger partial charge in [0.25, 0.3) is 0 Å². The van der Waals surface area contributed by atoms with Crippen LogP contribution in [0.2, 0.25) is 0 Å². The average Bonchev–Trinajstić information content (AvgIpc) is 2.38. The summed E-state index contributed by atoms with van der Waals surface area (Å²) in [5.74, 6) is 0.988. The van der Waals surface area contributed by atoms with Crippen molar-refractivity contribution in [3.8, 4) is 0 Å². The molecule has 4 heteroatoms. The van der Waals surface area contributed by atoms with Crippen molar-refractivity contribution < 1.29 is 4.74 Å². The second-order valence-electron chi connectivity index (χ2n) is 4.03. The molecule has 0 aromatic carbocycles. The number of rotatable bonds is 2. The van der Waals surface area contributed by atoms with Crippen LogP contribution in [0.4, 0.5) is 0 Å². The van der Waals surface area contributed by atoms with E-state index in [1.807, 2.05) is 0 Å². The molecule has 1 aliphatic heterocycles. The molecule has 0 atom stereocenters. The summed E-state index contributed by atoms with van der Waals surface area (Å²) in [6.45, 7) is 2.00. The summed E-state index contributed by atoms with van der Waals surface area (Å²) in [5.41, 5.74) is 0. The van der Waals surface area contributed by atoms with Gasteiger partial charge < -0.3 is 15.4 Å². The lowest BCUT2D eigenvalue weighted by Crippen LogP contribution is -2.51. The lowest BCUT2D eigenvalue weighted by molar-refractivity contribution is 0.0224. The fourth-order valence-electron chi connectivity index (χ4n) is 1.86. The van der Waals surface area contributed by atoms with Gasteiger partial charge in [0.15, 0.2) is 5.96 Å². The molecule has 4 nitrogen and oxygen atoms in total. The highest BCUT2D eigenvalue weighted by Crippen LogP contribution is 2.22. The van der Waals surface area contributed by atoms with E-state index in [-0.39, 0.29) is 0 Å². The van der Waals surface area contributed by atoms with Crippen LogP contribution in [0.25, 0.3) is 0 Å². The second kappa shape index (κ2) is 4.64. The van der Waals surface area contributed by atoms with Gasteiger partial charge in [-0.15, -0.1) is 0 Å². The number of guanidine groups is 1. The molecule has 1 saturated carbocycles. The predicted molar refractivity (Wildman–Crippen MR) is 56.5 cm³/mol. The van der Waals surface area contributed by atoms with Crippen molar-refractivity contribution in [2.45, 2.75) is 37.8 Å². The van der Waals surface area contributed by atoms with Gasteiger partial charge in [0.05, 0.1) is 6.10 Å². The quantitative estimate of drug-likeness (QED) is 0.677. The molecular weight excluding hydrogens is 178 g/mol. The van der Waals surface area contributed by atoms with E-state index in [0.717, 1.165) is 31.9 Å². The summed E-state index contributed by atoms with van der Waals surface area (Å²) >= 11 is 0. The fraction of sp³-hybridized carbons (Fsp3) is 0.900. The number of ether oxygens (including phenoxy) is 1. The predicted octanol–water partition coefficient (Wildman–Crippen LogP) is 0.493. The Kier molecular flexibility index (Phi) is 3.24. The molecule has 14 heavy (non-hydrogen) atoms.